The van der Waals surface area contributed by atoms with E-state index in [0.717, 1.165) is 56.3 Å². The maximum absolute atomic E-state index is 11.6. The molecule has 2 fully saturated rings. The number of allylic oxidation sites excluding steroid dienone is 2. The van der Waals surface area contributed by atoms with E-state index in [1.807, 2.05) is 18.3 Å². The molecule has 0 atom stereocenters. The molecule has 1 aromatic carbocycles. The fourth-order valence-corrected chi connectivity index (χ4v) is 5.76. The Balaban J connectivity index is 1.18. The molecule has 0 aromatic heterocycles. The first-order chi connectivity index (χ1) is 15.0. The van der Waals surface area contributed by atoms with E-state index in [9.17, 15) is 4.79 Å². The van der Waals surface area contributed by atoms with Crippen LogP contribution in [0.5, 0.6) is 0 Å². The number of dihydropyridines is 1. The second kappa shape index (κ2) is 8.32. The van der Waals surface area contributed by atoms with Crippen LogP contribution in [-0.2, 0) is 0 Å². The lowest BCUT2D eigenvalue weighted by Crippen LogP contribution is -2.54. The number of para-hydroxylation sites is 1. The fourth-order valence-electron chi connectivity index (χ4n) is 5.76. The van der Waals surface area contributed by atoms with E-state index >= 15 is 0 Å². The van der Waals surface area contributed by atoms with Gasteiger partial charge in [-0.2, -0.15) is 9.98 Å². The predicted molar refractivity (Wildman–Crippen MR) is 122 cm³/mol. The first-order valence-corrected chi connectivity index (χ1v) is 11.7. The number of nitrogens with one attached hydrogen (secondary N) is 1. The van der Waals surface area contributed by atoms with Gasteiger partial charge in [-0.3, -0.25) is 4.90 Å². The van der Waals surface area contributed by atoms with Gasteiger partial charge in [0.05, 0.1) is 10.7 Å². The number of rotatable bonds is 4. The Morgan fingerprint density at radius 3 is 2.52 bits per heavy atom. The van der Waals surface area contributed by atoms with Crippen LogP contribution in [0, 0.1) is 0 Å². The highest BCUT2D eigenvalue weighted by Crippen LogP contribution is 2.32. The van der Waals surface area contributed by atoms with Crippen LogP contribution in [0.25, 0.3) is 0 Å². The molecule has 4 heterocycles. The summed E-state index contributed by atoms with van der Waals surface area (Å²) in [5.41, 5.74) is 2.79. The molecular weight excluding hydrogens is 386 g/mol. The van der Waals surface area contributed by atoms with Crippen molar-refractivity contribution < 1.29 is 4.79 Å². The van der Waals surface area contributed by atoms with Crippen LogP contribution in [0.1, 0.15) is 51.0 Å². The molecular formula is C25H33N5O. The zero-order valence-electron chi connectivity index (χ0n) is 18.7. The molecule has 0 radical (unpaired) electrons. The Morgan fingerprint density at radius 1 is 1.03 bits per heavy atom. The zero-order chi connectivity index (χ0) is 21.4. The molecule has 1 N–H and O–H groups in total. The normalized spacial score (nSPS) is 23.7. The van der Waals surface area contributed by atoms with Gasteiger partial charge in [0.25, 0.3) is 0 Å². The summed E-state index contributed by atoms with van der Waals surface area (Å²) in [4.78, 5) is 25.2. The van der Waals surface area contributed by atoms with Gasteiger partial charge in [-0.15, -0.1) is 0 Å². The summed E-state index contributed by atoms with van der Waals surface area (Å²) >= 11 is 0. The first kappa shape index (κ1) is 20.6. The van der Waals surface area contributed by atoms with Crippen LogP contribution in [0.4, 0.5) is 4.79 Å². The number of urea groups is 1. The highest BCUT2D eigenvalue weighted by Gasteiger charge is 2.36. The van der Waals surface area contributed by atoms with Crippen molar-refractivity contribution in [3.05, 3.63) is 58.4 Å². The Hall–Kier alpha value is -2.31. The lowest BCUT2D eigenvalue weighted by Gasteiger charge is -2.47. The molecule has 31 heavy (non-hydrogen) atoms. The number of amides is 2. The van der Waals surface area contributed by atoms with Gasteiger partial charge in [0.15, 0.2) is 0 Å². The number of carbonyl (C=O) groups excluding carboxylic acids is 1. The van der Waals surface area contributed by atoms with Gasteiger partial charge < -0.3 is 10.2 Å². The Bertz CT molecular complexity index is 1020. The summed E-state index contributed by atoms with van der Waals surface area (Å²) in [5, 5.41) is 4.93. The lowest BCUT2D eigenvalue weighted by molar-refractivity contribution is 0.0517. The van der Waals surface area contributed by atoms with E-state index in [1.54, 1.807) is 0 Å². The second-order valence-electron chi connectivity index (χ2n) is 9.74. The summed E-state index contributed by atoms with van der Waals surface area (Å²) in [7, 11) is 0. The van der Waals surface area contributed by atoms with E-state index in [-0.39, 0.29) is 11.6 Å². The Labute approximate surface area is 184 Å². The van der Waals surface area contributed by atoms with E-state index < -0.39 is 0 Å². The van der Waals surface area contributed by atoms with Gasteiger partial charge >= 0.3 is 6.03 Å². The first-order valence-electron chi connectivity index (χ1n) is 11.7. The monoisotopic (exact) mass is 419 g/mol. The third-order valence-corrected chi connectivity index (χ3v) is 7.80. The molecule has 0 unspecified atom stereocenters. The molecule has 6 heteroatoms. The van der Waals surface area contributed by atoms with Crippen LogP contribution in [0.15, 0.2) is 52.1 Å². The number of hydrogen-bond acceptors (Lipinski definition) is 4. The van der Waals surface area contributed by atoms with E-state index in [0.29, 0.717) is 12.0 Å². The minimum Gasteiger partial charge on any atom is -0.387 e. The topological polar surface area (TPSA) is 60.3 Å². The van der Waals surface area contributed by atoms with Crippen molar-refractivity contribution in [2.24, 2.45) is 9.98 Å². The van der Waals surface area contributed by atoms with Crippen molar-refractivity contribution in [1.29, 1.82) is 0 Å². The van der Waals surface area contributed by atoms with Crippen molar-refractivity contribution in [2.45, 2.75) is 57.0 Å². The lowest BCUT2D eigenvalue weighted by atomic mass is 9.86. The average molecular weight is 420 g/mol. The van der Waals surface area contributed by atoms with Gasteiger partial charge in [-0.25, -0.2) is 4.79 Å². The summed E-state index contributed by atoms with van der Waals surface area (Å²) < 4.78 is 0. The third kappa shape index (κ3) is 3.99. The molecule has 4 aliphatic heterocycles. The number of likely N-dealkylation sites (tertiary alicyclic amines) is 2. The SMILES string of the molecule is CC(C)(C1=CC=CNC1)N1CCC(N2CCC(c3cccc4c3=NC(=O)N=4)CC2)CC1. The van der Waals surface area contributed by atoms with Gasteiger partial charge in [0, 0.05) is 31.2 Å². The summed E-state index contributed by atoms with van der Waals surface area (Å²) in [5.74, 6) is 0.480. The van der Waals surface area contributed by atoms with Crippen molar-refractivity contribution in [2.75, 3.05) is 32.7 Å². The summed E-state index contributed by atoms with van der Waals surface area (Å²) in [6.45, 7) is 10.3. The highest BCUT2D eigenvalue weighted by molar-refractivity contribution is 5.77. The predicted octanol–water partition coefficient (Wildman–Crippen LogP) is 2.53. The molecule has 1 aromatic rings. The Morgan fingerprint density at radius 2 is 1.81 bits per heavy atom. The Kier molecular flexibility index (Phi) is 5.52. The average Bonchev–Trinajstić information content (AvgIpc) is 3.20. The molecule has 164 valence electrons. The van der Waals surface area contributed by atoms with Gasteiger partial charge in [0.1, 0.15) is 0 Å². The van der Waals surface area contributed by atoms with Crippen LogP contribution in [0.2, 0.25) is 0 Å². The molecule has 4 aliphatic rings. The van der Waals surface area contributed by atoms with Gasteiger partial charge in [0.2, 0.25) is 0 Å². The fraction of sp³-hybridized carbons (Fsp3) is 0.560. The molecule has 2 amide bonds. The van der Waals surface area contributed by atoms with Crippen molar-refractivity contribution in [3.8, 4) is 0 Å². The second-order valence-corrected chi connectivity index (χ2v) is 9.74. The van der Waals surface area contributed by atoms with Crippen LogP contribution in [0.3, 0.4) is 0 Å². The minimum absolute atomic E-state index is 0.107. The van der Waals surface area contributed by atoms with E-state index in [2.05, 4.69) is 57.2 Å². The highest BCUT2D eigenvalue weighted by atomic mass is 16.2. The molecule has 2 saturated heterocycles. The van der Waals surface area contributed by atoms with E-state index in [4.69, 9.17) is 0 Å². The number of fused-ring (bicyclic) bond motifs is 1. The number of hydrogen-bond donors (Lipinski definition) is 1. The van der Waals surface area contributed by atoms with Crippen molar-refractivity contribution >= 4 is 6.03 Å². The molecule has 0 spiro atoms. The summed E-state index contributed by atoms with van der Waals surface area (Å²) in [6.07, 6.45) is 11.2. The van der Waals surface area contributed by atoms with Crippen LogP contribution < -0.4 is 16.0 Å². The van der Waals surface area contributed by atoms with Crippen LogP contribution in [-0.4, -0.2) is 60.1 Å². The maximum atomic E-state index is 11.6. The van der Waals surface area contributed by atoms with Gasteiger partial charge in [-0.1, -0.05) is 18.2 Å². The molecule has 6 nitrogen and oxygen atoms in total. The zero-order valence-corrected chi connectivity index (χ0v) is 18.7. The standard InChI is InChI=1S/C25H33N5O/c1-25(2,19-5-4-12-26-17-19)30-15-10-20(11-16-30)29-13-8-18(9-14-29)21-6-3-7-22-23(21)28-24(31)27-22/h3-7,12,18,20,26H,8-11,13-17H2,1-2H3. The smallest absolute Gasteiger partial charge is 0.368 e. The maximum Gasteiger partial charge on any atom is 0.368 e. The molecule has 0 bridgehead atoms. The van der Waals surface area contributed by atoms with Crippen LogP contribution >= 0.6 is 0 Å². The molecule has 5 rings (SSSR count). The number of carbonyl (C=O) groups is 1. The minimum atomic E-state index is -0.356. The molecule has 0 saturated carbocycles. The van der Waals surface area contributed by atoms with Crippen molar-refractivity contribution in [1.82, 2.24) is 15.1 Å². The number of benzene rings is 1. The van der Waals surface area contributed by atoms with Crippen molar-refractivity contribution in [3.63, 3.8) is 0 Å². The largest absolute Gasteiger partial charge is 0.387 e. The van der Waals surface area contributed by atoms with E-state index in [1.165, 1.54) is 24.0 Å². The molecule has 0 aliphatic carbocycles. The van der Waals surface area contributed by atoms with Gasteiger partial charge in [-0.05, 0) is 88.0 Å². The quantitative estimate of drug-likeness (QED) is 0.815. The number of piperidine rings is 2. The summed E-state index contributed by atoms with van der Waals surface area (Å²) in [6, 6.07) is 6.39. The number of nitrogens with zero attached hydrogens (tertiary/aromatic N) is 4. The third-order valence-electron chi connectivity index (χ3n) is 7.80.